The van der Waals surface area contributed by atoms with Gasteiger partial charge in [-0.15, -0.1) is 0 Å². The number of hydrogen-bond donors (Lipinski definition) is 3. The second-order valence-corrected chi connectivity index (χ2v) is 9.43. The van der Waals surface area contributed by atoms with E-state index in [0.717, 1.165) is 23.8 Å². The zero-order chi connectivity index (χ0) is 28.8. The van der Waals surface area contributed by atoms with Crippen LogP contribution in [-0.4, -0.2) is 40.7 Å². The van der Waals surface area contributed by atoms with E-state index in [2.05, 4.69) is 25.1 Å². The number of carboxylic acid groups (broad SMARTS) is 1. The number of rotatable bonds is 7. The maximum absolute atomic E-state index is 14.0. The largest absolute Gasteiger partial charge is 0.475 e. The number of carbonyl (C=O) groups is 2. The summed E-state index contributed by atoms with van der Waals surface area (Å²) in [6, 6.07) is 4.98. The van der Waals surface area contributed by atoms with E-state index in [1.54, 1.807) is 0 Å². The Labute approximate surface area is 230 Å². The van der Waals surface area contributed by atoms with Crippen molar-refractivity contribution in [2.75, 3.05) is 10.6 Å². The van der Waals surface area contributed by atoms with Crippen LogP contribution in [0.5, 0.6) is 0 Å². The summed E-state index contributed by atoms with van der Waals surface area (Å²) in [6.07, 6.45) is 2.47. The number of carbonyl (C=O) groups excluding carboxylic acids is 1. The molecular formula is C24H15ClF3N7O4S. The van der Waals surface area contributed by atoms with Gasteiger partial charge in [-0.3, -0.25) is 9.59 Å². The van der Waals surface area contributed by atoms with E-state index in [1.165, 1.54) is 54.2 Å². The summed E-state index contributed by atoms with van der Waals surface area (Å²) < 4.78 is 47.5. The summed E-state index contributed by atoms with van der Waals surface area (Å²) in [5, 5.41) is 17.9. The molecule has 5 aromatic rings. The average molecular weight is 590 g/mol. The number of halogens is 4. The SMILES string of the molecule is Cn1cc(-c2nsc(Nc3ccc4c(cnn4C(F)(F)C(=O)O)c3Cl)n2)cc(NC(=O)c2ccccc2F)c1=O. The third-order valence-electron chi connectivity index (χ3n) is 5.69. The van der Waals surface area contributed by atoms with Crippen molar-refractivity contribution in [1.29, 1.82) is 0 Å². The van der Waals surface area contributed by atoms with Crippen LogP contribution in [0.25, 0.3) is 22.3 Å². The fourth-order valence-corrected chi connectivity index (χ4v) is 4.60. The lowest BCUT2D eigenvalue weighted by Gasteiger charge is -2.13. The van der Waals surface area contributed by atoms with E-state index >= 15 is 0 Å². The highest BCUT2D eigenvalue weighted by atomic mass is 35.5. The molecule has 0 aliphatic heterocycles. The molecule has 3 aromatic heterocycles. The Morgan fingerprint density at radius 1 is 1.15 bits per heavy atom. The molecule has 0 spiro atoms. The van der Waals surface area contributed by atoms with E-state index in [9.17, 15) is 27.6 Å². The first-order chi connectivity index (χ1) is 19.0. The number of fused-ring (bicyclic) bond motifs is 1. The fourth-order valence-electron chi connectivity index (χ4n) is 3.74. The first-order valence-corrected chi connectivity index (χ1v) is 12.3. The molecule has 0 fully saturated rings. The van der Waals surface area contributed by atoms with Crippen LogP contribution < -0.4 is 16.2 Å². The molecule has 0 saturated carbocycles. The number of aryl methyl sites for hydroxylation is 1. The first-order valence-electron chi connectivity index (χ1n) is 11.1. The molecule has 5 rings (SSSR count). The van der Waals surface area contributed by atoms with Crippen molar-refractivity contribution in [2.45, 2.75) is 6.05 Å². The molecule has 40 heavy (non-hydrogen) atoms. The molecule has 3 N–H and O–H groups in total. The van der Waals surface area contributed by atoms with Crippen LogP contribution in [0.15, 0.2) is 59.7 Å². The molecule has 0 unspecified atom stereocenters. The Balaban J connectivity index is 1.42. The smallest absolute Gasteiger partial charge is 0.442 e. The highest BCUT2D eigenvalue weighted by Gasteiger charge is 2.43. The van der Waals surface area contributed by atoms with Crippen molar-refractivity contribution in [1.82, 2.24) is 23.7 Å². The predicted octanol–water partition coefficient (Wildman–Crippen LogP) is 4.68. The number of amides is 1. The van der Waals surface area contributed by atoms with Gasteiger partial charge in [0.2, 0.25) is 5.13 Å². The quantitative estimate of drug-likeness (QED) is 0.248. The van der Waals surface area contributed by atoms with Crippen LogP contribution in [0.1, 0.15) is 10.4 Å². The molecule has 0 bridgehead atoms. The van der Waals surface area contributed by atoms with E-state index in [-0.39, 0.29) is 48.5 Å². The van der Waals surface area contributed by atoms with E-state index in [4.69, 9.17) is 16.7 Å². The van der Waals surface area contributed by atoms with Gasteiger partial charge in [-0.25, -0.2) is 9.18 Å². The zero-order valence-corrected chi connectivity index (χ0v) is 21.6. The monoisotopic (exact) mass is 589 g/mol. The molecule has 204 valence electrons. The van der Waals surface area contributed by atoms with E-state index < -0.39 is 29.3 Å². The lowest BCUT2D eigenvalue weighted by Crippen LogP contribution is -2.33. The zero-order valence-electron chi connectivity index (χ0n) is 20.0. The van der Waals surface area contributed by atoms with Crippen molar-refractivity contribution in [3.05, 3.63) is 81.6 Å². The third-order valence-corrected chi connectivity index (χ3v) is 6.72. The number of benzene rings is 2. The molecule has 2 aromatic carbocycles. The number of alkyl halides is 2. The second kappa shape index (κ2) is 10.1. The Morgan fingerprint density at radius 2 is 1.90 bits per heavy atom. The van der Waals surface area contributed by atoms with Crippen LogP contribution >= 0.6 is 23.1 Å². The summed E-state index contributed by atoms with van der Waals surface area (Å²) in [7, 11) is 1.46. The minimum absolute atomic E-state index is 0.0121. The van der Waals surface area contributed by atoms with Crippen LogP contribution in [0.3, 0.4) is 0 Å². The van der Waals surface area contributed by atoms with Gasteiger partial charge in [0, 0.05) is 35.7 Å². The Morgan fingerprint density at radius 3 is 2.62 bits per heavy atom. The van der Waals surface area contributed by atoms with Gasteiger partial charge in [0.1, 0.15) is 11.5 Å². The minimum Gasteiger partial charge on any atom is -0.475 e. The van der Waals surface area contributed by atoms with Crippen molar-refractivity contribution < 1.29 is 27.9 Å². The van der Waals surface area contributed by atoms with Crippen LogP contribution in [0.4, 0.5) is 29.7 Å². The first kappa shape index (κ1) is 26.8. The van der Waals surface area contributed by atoms with Crippen LogP contribution in [0.2, 0.25) is 5.02 Å². The highest BCUT2D eigenvalue weighted by molar-refractivity contribution is 7.10. The number of aromatic nitrogens is 5. The topological polar surface area (TPSA) is 144 Å². The van der Waals surface area contributed by atoms with Crippen LogP contribution in [0, 0.1) is 5.82 Å². The standard InChI is InChI=1S/C24H15ClF3N7O4S/c1-34-10-11(8-16(21(34)37)30-20(36)12-4-2-3-5-14(12)26)19-32-23(40-33-19)31-15-6-7-17-13(18(15)25)9-29-35(17)24(27,28)22(38)39/h2-10H,1H3,(H,30,36)(H,38,39)(H,31,32,33). The van der Waals surface area contributed by atoms with Gasteiger partial charge in [-0.2, -0.15) is 27.9 Å². The molecule has 0 saturated heterocycles. The molecule has 16 heteroatoms. The molecule has 0 atom stereocenters. The van der Waals surface area contributed by atoms with Gasteiger partial charge < -0.3 is 20.3 Å². The fraction of sp³-hybridized carbons (Fsp3) is 0.0833. The number of carboxylic acids is 1. The number of nitrogens with zero attached hydrogens (tertiary/aromatic N) is 5. The molecular weight excluding hydrogens is 575 g/mol. The second-order valence-electron chi connectivity index (χ2n) is 8.30. The van der Waals surface area contributed by atoms with Gasteiger partial charge in [-0.05, 0) is 30.3 Å². The number of aliphatic carboxylic acids is 1. The van der Waals surface area contributed by atoms with Crippen molar-refractivity contribution in [2.24, 2.45) is 7.05 Å². The van der Waals surface area contributed by atoms with Crippen molar-refractivity contribution in [3.63, 3.8) is 0 Å². The summed E-state index contributed by atoms with van der Waals surface area (Å²) in [5.74, 6) is -3.75. The van der Waals surface area contributed by atoms with Crippen molar-refractivity contribution in [3.8, 4) is 11.4 Å². The summed E-state index contributed by atoms with van der Waals surface area (Å²) >= 11 is 7.29. The summed E-state index contributed by atoms with van der Waals surface area (Å²) in [4.78, 5) is 40.4. The number of anilines is 3. The van der Waals surface area contributed by atoms with E-state index in [1.807, 2.05) is 0 Å². The summed E-state index contributed by atoms with van der Waals surface area (Å²) in [5.41, 5.74) is -0.491. The lowest BCUT2D eigenvalue weighted by molar-refractivity contribution is -0.182. The maximum Gasteiger partial charge on any atom is 0.442 e. The Kier molecular flexibility index (Phi) is 6.77. The van der Waals surface area contributed by atoms with Crippen LogP contribution in [-0.2, 0) is 17.9 Å². The van der Waals surface area contributed by atoms with Crippen molar-refractivity contribution >= 4 is 62.4 Å². The third kappa shape index (κ3) is 4.76. The lowest BCUT2D eigenvalue weighted by atomic mass is 10.2. The molecule has 1 amide bonds. The number of nitrogens with one attached hydrogen (secondary N) is 2. The highest BCUT2D eigenvalue weighted by Crippen LogP contribution is 2.36. The Bertz CT molecular complexity index is 1870. The molecule has 0 aliphatic carbocycles. The maximum atomic E-state index is 14.0. The van der Waals surface area contributed by atoms with Gasteiger partial charge >= 0.3 is 12.0 Å². The molecule has 11 nitrogen and oxygen atoms in total. The van der Waals surface area contributed by atoms with E-state index in [0.29, 0.717) is 5.56 Å². The van der Waals surface area contributed by atoms with Gasteiger partial charge in [0.15, 0.2) is 5.82 Å². The molecule has 0 aliphatic rings. The average Bonchev–Trinajstić information content (AvgIpc) is 3.56. The minimum atomic E-state index is -4.28. The number of pyridine rings is 1. The summed E-state index contributed by atoms with van der Waals surface area (Å²) in [6.45, 7) is 0. The Hall–Kier alpha value is -4.76. The molecule has 0 radical (unpaired) electrons. The van der Waals surface area contributed by atoms with Gasteiger partial charge in [-0.1, -0.05) is 23.7 Å². The predicted molar refractivity (Wildman–Crippen MR) is 141 cm³/mol. The van der Waals surface area contributed by atoms with Gasteiger partial charge in [0.25, 0.3) is 11.5 Å². The molecule has 3 heterocycles. The normalized spacial score (nSPS) is 11.5. The number of hydrogen-bond acceptors (Lipinski definition) is 8. The van der Waals surface area contributed by atoms with Gasteiger partial charge in [0.05, 0.1) is 28.0 Å².